The molecule has 8 nitrogen and oxygen atoms in total. The number of anilines is 1. The summed E-state index contributed by atoms with van der Waals surface area (Å²) in [7, 11) is 0. The second-order valence-electron chi connectivity index (χ2n) is 9.28. The molecule has 2 amide bonds. The highest BCUT2D eigenvalue weighted by molar-refractivity contribution is 8.18. The third-order valence-corrected chi connectivity index (χ3v) is 7.36. The number of amidine groups is 1. The summed E-state index contributed by atoms with van der Waals surface area (Å²) < 4.78 is 17.1. The molecule has 1 aromatic heterocycles. The fraction of sp³-hybridized carbons (Fsp3) is 0.156. The first-order valence-electron chi connectivity index (χ1n) is 13.2. The van der Waals surface area contributed by atoms with E-state index >= 15 is 0 Å². The Morgan fingerprint density at radius 1 is 1.07 bits per heavy atom. The minimum atomic E-state index is -0.335. The van der Waals surface area contributed by atoms with E-state index in [0.717, 1.165) is 11.3 Å². The number of hydrogen-bond acceptors (Lipinski definition) is 7. The Hall–Kier alpha value is -4.47. The minimum Gasteiger partial charge on any atom is -0.490 e. The lowest BCUT2D eigenvalue weighted by Crippen LogP contribution is -2.28. The average molecular weight is 602 g/mol. The van der Waals surface area contributed by atoms with Crippen LogP contribution in [-0.4, -0.2) is 35.1 Å². The van der Waals surface area contributed by atoms with Gasteiger partial charge in [-0.15, -0.1) is 0 Å². The van der Waals surface area contributed by atoms with Crippen LogP contribution in [-0.2, 0) is 16.1 Å². The summed E-state index contributed by atoms with van der Waals surface area (Å²) in [6.45, 7) is 4.14. The van der Waals surface area contributed by atoms with Crippen molar-refractivity contribution in [2.75, 3.05) is 18.5 Å². The fourth-order valence-electron chi connectivity index (χ4n) is 4.10. The third-order valence-electron chi connectivity index (χ3n) is 6.08. The van der Waals surface area contributed by atoms with E-state index in [1.807, 2.05) is 74.5 Å². The number of halogens is 1. The summed E-state index contributed by atoms with van der Waals surface area (Å²) >= 11 is 7.87. The SMILES string of the molecule is CCOc1cc(/C=C2\SC(=Nc3ccccc3)N(Cc3ccco3)C2=O)cc(Cl)c1OCC(=O)Nc1ccc(C)cc1. The second-order valence-corrected chi connectivity index (χ2v) is 10.7. The van der Waals surface area contributed by atoms with Crippen molar-refractivity contribution < 1.29 is 23.5 Å². The van der Waals surface area contributed by atoms with Gasteiger partial charge in [-0.3, -0.25) is 14.5 Å². The van der Waals surface area contributed by atoms with Crippen molar-refractivity contribution in [3.8, 4) is 11.5 Å². The first-order chi connectivity index (χ1) is 20.4. The fourth-order valence-corrected chi connectivity index (χ4v) is 5.37. The molecule has 214 valence electrons. The van der Waals surface area contributed by atoms with Gasteiger partial charge < -0.3 is 19.2 Å². The van der Waals surface area contributed by atoms with Gasteiger partial charge in [0.05, 0.1) is 35.0 Å². The molecule has 0 saturated carbocycles. The number of aliphatic imine (C=N–C) groups is 1. The van der Waals surface area contributed by atoms with Gasteiger partial charge in [0.15, 0.2) is 23.3 Å². The summed E-state index contributed by atoms with van der Waals surface area (Å²) in [5.41, 5.74) is 3.13. The number of para-hydroxylation sites is 1. The Morgan fingerprint density at radius 2 is 1.86 bits per heavy atom. The van der Waals surface area contributed by atoms with Crippen molar-refractivity contribution in [3.63, 3.8) is 0 Å². The van der Waals surface area contributed by atoms with Gasteiger partial charge in [-0.2, -0.15) is 0 Å². The number of aryl methyl sites for hydroxylation is 1. The van der Waals surface area contributed by atoms with Gasteiger partial charge in [-0.05, 0) is 85.8 Å². The van der Waals surface area contributed by atoms with Crippen molar-refractivity contribution in [1.29, 1.82) is 0 Å². The lowest BCUT2D eigenvalue weighted by Gasteiger charge is -2.15. The lowest BCUT2D eigenvalue weighted by atomic mass is 10.1. The molecule has 0 radical (unpaired) electrons. The summed E-state index contributed by atoms with van der Waals surface area (Å²) in [4.78, 5) is 32.8. The van der Waals surface area contributed by atoms with E-state index in [9.17, 15) is 9.59 Å². The molecule has 2 heterocycles. The van der Waals surface area contributed by atoms with Gasteiger partial charge in [0.25, 0.3) is 11.8 Å². The molecule has 4 aromatic rings. The lowest BCUT2D eigenvalue weighted by molar-refractivity contribution is -0.122. The molecule has 1 aliphatic rings. The van der Waals surface area contributed by atoms with E-state index in [1.54, 1.807) is 35.4 Å². The number of carbonyl (C=O) groups excluding carboxylic acids is 2. The molecule has 0 aliphatic carbocycles. The monoisotopic (exact) mass is 601 g/mol. The molecular weight excluding hydrogens is 574 g/mol. The average Bonchev–Trinajstić information content (AvgIpc) is 3.59. The van der Waals surface area contributed by atoms with Crippen LogP contribution >= 0.6 is 23.4 Å². The van der Waals surface area contributed by atoms with E-state index < -0.39 is 0 Å². The topological polar surface area (TPSA) is 93.4 Å². The van der Waals surface area contributed by atoms with Crippen LogP contribution < -0.4 is 14.8 Å². The predicted octanol–water partition coefficient (Wildman–Crippen LogP) is 7.46. The molecule has 1 saturated heterocycles. The number of nitrogens with zero attached hydrogens (tertiary/aromatic N) is 2. The van der Waals surface area contributed by atoms with Crippen LogP contribution in [0.15, 0.2) is 99.4 Å². The number of furan rings is 1. The maximum Gasteiger partial charge on any atom is 0.267 e. The molecule has 10 heteroatoms. The number of hydrogen-bond donors (Lipinski definition) is 1. The predicted molar refractivity (Wildman–Crippen MR) is 166 cm³/mol. The molecule has 0 spiro atoms. The largest absolute Gasteiger partial charge is 0.490 e. The minimum absolute atomic E-state index is 0.215. The highest BCUT2D eigenvalue weighted by Gasteiger charge is 2.34. The zero-order valence-electron chi connectivity index (χ0n) is 23.0. The standard InChI is InChI=1S/C32H28ClN3O5S/c1-3-39-27-17-22(16-26(33)30(27)41-20-29(37)34-24-13-11-21(2)12-14-24)18-28-31(38)36(19-25-10-7-15-40-25)32(42-28)35-23-8-5-4-6-9-23/h4-18H,3,19-20H2,1-2H3,(H,34,37)/b28-18-,35-32?. The van der Waals surface area contributed by atoms with E-state index in [-0.39, 0.29) is 35.7 Å². The molecule has 5 rings (SSSR count). The molecule has 0 atom stereocenters. The number of carbonyl (C=O) groups is 2. The van der Waals surface area contributed by atoms with Gasteiger partial charge in [0.2, 0.25) is 0 Å². The molecule has 42 heavy (non-hydrogen) atoms. The van der Waals surface area contributed by atoms with Gasteiger partial charge >= 0.3 is 0 Å². The number of rotatable bonds is 10. The van der Waals surface area contributed by atoms with E-state index in [4.69, 9.17) is 30.5 Å². The molecule has 1 N–H and O–H groups in total. The van der Waals surface area contributed by atoms with E-state index in [1.165, 1.54) is 11.8 Å². The van der Waals surface area contributed by atoms with Crippen LogP contribution in [0.3, 0.4) is 0 Å². The Morgan fingerprint density at radius 3 is 2.57 bits per heavy atom. The molecular formula is C32H28ClN3O5S. The van der Waals surface area contributed by atoms with Gasteiger partial charge in [-0.25, -0.2) is 4.99 Å². The van der Waals surface area contributed by atoms with Crippen LogP contribution in [0.4, 0.5) is 11.4 Å². The Labute approximate surface area is 253 Å². The smallest absolute Gasteiger partial charge is 0.267 e. The van der Waals surface area contributed by atoms with E-state index in [0.29, 0.717) is 39.4 Å². The summed E-state index contributed by atoms with van der Waals surface area (Å²) in [5, 5.41) is 3.58. The first kappa shape index (κ1) is 29.0. The third kappa shape index (κ3) is 7.23. The quantitative estimate of drug-likeness (QED) is 0.190. The number of ether oxygens (including phenoxy) is 2. The number of nitrogens with one attached hydrogen (secondary N) is 1. The van der Waals surface area contributed by atoms with Crippen molar-refractivity contribution >= 4 is 57.8 Å². The maximum atomic E-state index is 13.5. The number of thioether (sulfide) groups is 1. The number of benzene rings is 3. The van der Waals surface area contributed by atoms with Crippen LogP contribution in [0.2, 0.25) is 5.02 Å². The van der Waals surface area contributed by atoms with Crippen LogP contribution in [0.1, 0.15) is 23.8 Å². The Kier molecular flexibility index (Phi) is 9.31. The summed E-state index contributed by atoms with van der Waals surface area (Å²) in [6, 6.07) is 23.9. The van der Waals surface area contributed by atoms with Crippen molar-refractivity contribution in [1.82, 2.24) is 4.90 Å². The van der Waals surface area contributed by atoms with Crippen LogP contribution in [0, 0.1) is 6.92 Å². The van der Waals surface area contributed by atoms with Crippen molar-refractivity contribution in [3.05, 3.63) is 112 Å². The van der Waals surface area contributed by atoms with Gasteiger partial charge in [-0.1, -0.05) is 47.5 Å². The molecule has 1 aliphatic heterocycles. The molecule has 3 aromatic carbocycles. The van der Waals surface area contributed by atoms with Crippen molar-refractivity contribution in [2.45, 2.75) is 20.4 Å². The van der Waals surface area contributed by atoms with Gasteiger partial charge in [0, 0.05) is 5.69 Å². The molecule has 1 fully saturated rings. The molecule has 0 unspecified atom stereocenters. The Balaban J connectivity index is 1.37. The van der Waals surface area contributed by atoms with Gasteiger partial charge in [0.1, 0.15) is 5.76 Å². The summed E-state index contributed by atoms with van der Waals surface area (Å²) in [6.07, 6.45) is 3.30. The number of amides is 2. The van der Waals surface area contributed by atoms with Crippen LogP contribution in [0.5, 0.6) is 11.5 Å². The zero-order valence-corrected chi connectivity index (χ0v) is 24.6. The normalized spacial score (nSPS) is 14.9. The Bertz CT molecular complexity index is 1620. The van der Waals surface area contributed by atoms with Crippen molar-refractivity contribution in [2.24, 2.45) is 4.99 Å². The van der Waals surface area contributed by atoms with Crippen LogP contribution in [0.25, 0.3) is 6.08 Å². The summed E-state index contributed by atoms with van der Waals surface area (Å²) in [5.74, 6) is 0.698. The first-order valence-corrected chi connectivity index (χ1v) is 14.4. The maximum absolute atomic E-state index is 13.5. The molecule has 0 bridgehead atoms. The second kappa shape index (κ2) is 13.5. The van der Waals surface area contributed by atoms with E-state index in [2.05, 4.69) is 5.32 Å². The highest BCUT2D eigenvalue weighted by Crippen LogP contribution is 2.40. The zero-order chi connectivity index (χ0) is 29.5. The highest BCUT2D eigenvalue weighted by atomic mass is 35.5.